The van der Waals surface area contributed by atoms with Crippen LogP contribution >= 0.6 is 0 Å². The van der Waals surface area contributed by atoms with Crippen molar-refractivity contribution in [2.45, 2.75) is 0 Å². The van der Waals surface area contributed by atoms with Gasteiger partial charge in [0.15, 0.2) is 0 Å². The highest BCUT2D eigenvalue weighted by Gasteiger charge is 1.99. The predicted molar refractivity (Wildman–Crippen MR) is 73.6 cm³/mol. The summed E-state index contributed by atoms with van der Waals surface area (Å²) in [7, 11) is 0. The van der Waals surface area contributed by atoms with Crippen molar-refractivity contribution in [1.82, 2.24) is 29.9 Å². The Labute approximate surface area is 119 Å². The fourth-order valence-electron chi connectivity index (χ4n) is 1.36. The maximum atomic E-state index is 4.04. The minimum atomic E-state index is 0.210. The van der Waals surface area contributed by atoms with Gasteiger partial charge in [0.05, 0.1) is 18.1 Å². The number of nitrogens with one attached hydrogen (secondary N) is 1. The number of aromatic nitrogens is 6. The van der Waals surface area contributed by atoms with Crippen molar-refractivity contribution in [2.75, 3.05) is 5.32 Å². The van der Waals surface area contributed by atoms with E-state index in [-0.39, 0.29) is 11.9 Å². The summed E-state index contributed by atoms with van der Waals surface area (Å²) in [6.07, 6.45) is 9.55. The van der Waals surface area contributed by atoms with Gasteiger partial charge in [0.2, 0.25) is 5.95 Å². The Morgan fingerprint density at radius 1 is 0.667 bits per heavy atom. The highest BCUT2D eigenvalue weighted by atomic mass is 15.3. The van der Waals surface area contributed by atoms with Crippen LogP contribution in [0.2, 0.25) is 0 Å². The van der Waals surface area contributed by atoms with E-state index in [1.165, 1.54) is 0 Å². The van der Waals surface area contributed by atoms with Crippen LogP contribution < -0.4 is 5.32 Å². The van der Waals surface area contributed by atoms with Gasteiger partial charge >= 0.3 is 0 Å². The van der Waals surface area contributed by atoms with Crippen molar-refractivity contribution in [3.63, 3.8) is 0 Å². The summed E-state index contributed by atoms with van der Waals surface area (Å²) >= 11 is 0. The third-order valence-electron chi connectivity index (χ3n) is 2.24. The molecule has 0 aromatic carbocycles. The van der Waals surface area contributed by atoms with E-state index < -0.39 is 0 Å². The molecule has 3 aromatic rings. The molecule has 0 radical (unpaired) electrons. The quantitative estimate of drug-likeness (QED) is 0.728. The first kappa shape index (κ1) is 12.7. The predicted octanol–water partition coefficient (Wildman–Crippen LogP) is 2.22. The van der Waals surface area contributed by atoms with Crippen molar-refractivity contribution in [1.29, 1.82) is 0 Å². The van der Waals surface area contributed by atoms with E-state index in [1.54, 1.807) is 49.3 Å². The molecule has 3 heterocycles. The van der Waals surface area contributed by atoms with Crippen LogP contribution in [-0.4, -0.2) is 29.9 Å². The first-order valence-electron chi connectivity index (χ1n) is 5.95. The molecule has 0 aliphatic rings. The van der Waals surface area contributed by atoms with Gasteiger partial charge in [0.25, 0.3) is 11.9 Å². The van der Waals surface area contributed by atoms with Crippen LogP contribution in [0.25, 0.3) is 0 Å². The van der Waals surface area contributed by atoms with Gasteiger partial charge in [0, 0.05) is 24.8 Å². The molecule has 0 unspecified atom stereocenters. The zero-order valence-electron chi connectivity index (χ0n) is 10.7. The normalized spacial score (nSPS) is 10.7. The van der Waals surface area contributed by atoms with Crippen LogP contribution in [0.3, 0.4) is 0 Å². The van der Waals surface area contributed by atoms with Crippen LogP contribution in [0, 0.1) is 0 Å². The summed E-state index contributed by atoms with van der Waals surface area (Å²) in [5, 5.41) is 10.6. The minimum Gasteiger partial charge on any atom is -0.322 e. The molecule has 0 fully saturated rings. The molecule has 3 aromatic heterocycles. The molecule has 9 heteroatoms. The maximum Gasteiger partial charge on any atom is 0.269 e. The molecule has 102 valence electrons. The Morgan fingerprint density at radius 3 is 1.81 bits per heavy atom. The van der Waals surface area contributed by atoms with Crippen molar-refractivity contribution in [3.05, 3.63) is 49.3 Å². The standard InChI is InChI=1S/C12H9N9/c1-3-13-10(14-4-1)19-9-7-17-12(18-8-9)21-20-11-15-5-2-6-16-11/h1-8H,(H,13,14,19)/b21-20+. The molecule has 0 bridgehead atoms. The number of anilines is 2. The van der Waals surface area contributed by atoms with Gasteiger partial charge < -0.3 is 5.32 Å². The smallest absolute Gasteiger partial charge is 0.269 e. The Hall–Kier alpha value is -3.36. The first-order chi connectivity index (χ1) is 10.4. The number of rotatable bonds is 4. The summed E-state index contributed by atoms with van der Waals surface area (Å²) < 4.78 is 0. The molecule has 0 aliphatic heterocycles. The van der Waals surface area contributed by atoms with Crippen LogP contribution in [-0.2, 0) is 0 Å². The van der Waals surface area contributed by atoms with Crippen molar-refractivity contribution in [2.24, 2.45) is 10.2 Å². The van der Waals surface area contributed by atoms with E-state index in [0.29, 0.717) is 11.6 Å². The summed E-state index contributed by atoms with van der Waals surface area (Å²) in [5.74, 6) is 0.927. The van der Waals surface area contributed by atoms with E-state index in [2.05, 4.69) is 45.4 Å². The van der Waals surface area contributed by atoms with Gasteiger partial charge in [-0.1, -0.05) is 0 Å². The summed E-state index contributed by atoms with van der Waals surface area (Å²) in [6, 6.07) is 3.43. The molecule has 0 atom stereocenters. The van der Waals surface area contributed by atoms with Crippen LogP contribution in [0.5, 0.6) is 0 Å². The summed E-state index contributed by atoms with van der Waals surface area (Å²) in [6.45, 7) is 0. The van der Waals surface area contributed by atoms with Crippen LogP contribution in [0.15, 0.2) is 59.5 Å². The molecule has 9 nitrogen and oxygen atoms in total. The lowest BCUT2D eigenvalue weighted by atomic mass is 10.5. The highest BCUT2D eigenvalue weighted by molar-refractivity contribution is 5.50. The van der Waals surface area contributed by atoms with E-state index in [9.17, 15) is 0 Å². The van der Waals surface area contributed by atoms with Gasteiger partial charge in [-0.15, -0.1) is 10.2 Å². The van der Waals surface area contributed by atoms with Crippen LogP contribution in [0.1, 0.15) is 0 Å². The first-order valence-corrected chi connectivity index (χ1v) is 5.95. The molecule has 0 spiro atoms. The molecule has 0 amide bonds. The Balaban J connectivity index is 1.68. The number of azo groups is 1. The summed E-state index contributed by atoms with van der Waals surface area (Å²) in [5.41, 5.74) is 0.649. The van der Waals surface area contributed by atoms with Crippen LogP contribution in [0.4, 0.5) is 23.5 Å². The lowest BCUT2D eigenvalue weighted by molar-refractivity contribution is 1.01. The largest absolute Gasteiger partial charge is 0.322 e. The van der Waals surface area contributed by atoms with Gasteiger partial charge in [-0.25, -0.2) is 29.9 Å². The third kappa shape index (κ3) is 3.56. The molecule has 3 rings (SSSR count). The molecule has 0 saturated carbocycles. The fourth-order valence-corrected chi connectivity index (χ4v) is 1.36. The van der Waals surface area contributed by atoms with Gasteiger partial charge in [-0.3, -0.25) is 0 Å². The molecular weight excluding hydrogens is 270 g/mol. The Bertz CT molecular complexity index is 713. The van der Waals surface area contributed by atoms with Crippen molar-refractivity contribution >= 4 is 23.5 Å². The zero-order valence-corrected chi connectivity index (χ0v) is 10.7. The number of hydrogen-bond donors (Lipinski definition) is 1. The highest BCUT2D eigenvalue weighted by Crippen LogP contribution is 2.13. The van der Waals surface area contributed by atoms with E-state index >= 15 is 0 Å². The maximum absolute atomic E-state index is 4.04. The molecule has 0 saturated heterocycles. The van der Waals surface area contributed by atoms with E-state index in [4.69, 9.17) is 0 Å². The molecule has 1 N–H and O–H groups in total. The van der Waals surface area contributed by atoms with Crippen molar-refractivity contribution in [3.8, 4) is 0 Å². The second kappa shape index (κ2) is 6.19. The van der Waals surface area contributed by atoms with E-state index in [0.717, 1.165) is 0 Å². The Kier molecular flexibility index (Phi) is 3.73. The number of nitrogens with zero attached hydrogens (tertiary/aromatic N) is 8. The monoisotopic (exact) mass is 279 g/mol. The molecular formula is C12H9N9. The van der Waals surface area contributed by atoms with Gasteiger partial charge in [0.1, 0.15) is 0 Å². The molecule has 0 aliphatic carbocycles. The zero-order chi connectivity index (χ0) is 14.3. The van der Waals surface area contributed by atoms with E-state index in [1.807, 2.05) is 0 Å². The second-order valence-corrected chi connectivity index (χ2v) is 3.72. The Morgan fingerprint density at radius 2 is 1.19 bits per heavy atom. The van der Waals surface area contributed by atoms with Gasteiger partial charge in [-0.05, 0) is 12.1 Å². The lowest BCUT2D eigenvalue weighted by Crippen LogP contribution is -1.96. The average molecular weight is 279 g/mol. The summed E-state index contributed by atoms with van der Waals surface area (Å²) in [4.78, 5) is 24.0. The minimum absolute atomic E-state index is 0.210. The van der Waals surface area contributed by atoms with Gasteiger partial charge in [-0.2, -0.15) is 0 Å². The van der Waals surface area contributed by atoms with Crippen molar-refractivity contribution < 1.29 is 0 Å². The lowest BCUT2D eigenvalue weighted by Gasteiger charge is -2.02. The fraction of sp³-hybridized carbons (Fsp3) is 0. The average Bonchev–Trinajstić information content (AvgIpc) is 2.56. The SMILES string of the molecule is c1cnc(/N=N/c2ncc(Nc3ncccn3)cn2)nc1. The topological polar surface area (TPSA) is 114 Å². The second-order valence-electron chi connectivity index (χ2n) is 3.72. The number of hydrogen-bond acceptors (Lipinski definition) is 9. The molecule has 21 heavy (non-hydrogen) atoms. The third-order valence-corrected chi connectivity index (χ3v) is 2.24.